The topological polar surface area (TPSA) is 59.8 Å². The first-order chi connectivity index (χ1) is 12.6. The predicted molar refractivity (Wildman–Crippen MR) is 105 cm³/mol. The van der Waals surface area contributed by atoms with Gasteiger partial charge < -0.3 is 9.88 Å². The number of carbonyl (C=O) groups is 1. The maximum Gasteiger partial charge on any atom is 0.230 e. The summed E-state index contributed by atoms with van der Waals surface area (Å²) < 4.78 is 2.00. The molecule has 0 radical (unpaired) electrons. The average Bonchev–Trinajstić information content (AvgIpc) is 3.40. The van der Waals surface area contributed by atoms with Crippen molar-refractivity contribution in [3.63, 3.8) is 0 Å². The van der Waals surface area contributed by atoms with Gasteiger partial charge in [-0.1, -0.05) is 24.2 Å². The first-order valence-corrected chi connectivity index (χ1v) is 11.3. The third-order valence-corrected chi connectivity index (χ3v) is 7.89. The molecule has 4 unspecified atom stereocenters. The summed E-state index contributed by atoms with van der Waals surface area (Å²) >= 11 is 3.19. The van der Waals surface area contributed by atoms with Crippen molar-refractivity contribution in [3.05, 3.63) is 28.2 Å². The molecule has 4 atom stereocenters. The average molecular weight is 391 g/mol. The summed E-state index contributed by atoms with van der Waals surface area (Å²) in [5, 5.41) is 14.6. The first-order valence-electron chi connectivity index (χ1n) is 9.43. The van der Waals surface area contributed by atoms with Gasteiger partial charge >= 0.3 is 0 Å². The van der Waals surface area contributed by atoms with Crippen molar-refractivity contribution < 1.29 is 4.79 Å². The standard InChI is InChI=1S/C19H26N4OS2/c1-12(16-9-13-5-6-14(16)8-13)20-18(24)11-26-19-22-21-17(23(19)2)10-15-4-3-7-25-15/h3-4,7,12-14,16H,5-6,8-11H2,1-2H3,(H,20,24). The van der Waals surface area contributed by atoms with Crippen molar-refractivity contribution in [2.75, 3.05) is 5.75 Å². The molecule has 26 heavy (non-hydrogen) atoms. The van der Waals surface area contributed by atoms with Gasteiger partial charge in [0.2, 0.25) is 5.91 Å². The van der Waals surface area contributed by atoms with Gasteiger partial charge in [0, 0.05) is 24.4 Å². The van der Waals surface area contributed by atoms with Crippen LogP contribution in [0.5, 0.6) is 0 Å². The van der Waals surface area contributed by atoms with Gasteiger partial charge in [-0.25, -0.2) is 0 Å². The summed E-state index contributed by atoms with van der Waals surface area (Å²) in [7, 11) is 1.97. The maximum absolute atomic E-state index is 12.4. The molecular weight excluding hydrogens is 364 g/mol. The van der Waals surface area contributed by atoms with E-state index in [0.717, 1.165) is 29.2 Å². The van der Waals surface area contributed by atoms with Gasteiger partial charge in [-0.05, 0) is 55.4 Å². The molecule has 0 spiro atoms. The third kappa shape index (κ3) is 3.83. The zero-order chi connectivity index (χ0) is 18.1. The van der Waals surface area contributed by atoms with Crippen LogP contribution in [0.15, 0.2) is 22.7 Å². The van der Waals surface area contributed by atoms with Crippen LogP contribution >= 0.6 is 23.1 Å². The largest absolute Gasteiger partial charge is 0.353 e. The number of nitrogens with one attached hydrogen (secondary N) is 1. The Morgan fingerprint density at radius 2 is 2.31 bits per heavy atom. The molecule has 1 amide bonds. The number of thioether (sulfide) groups is 1. The normalized spacial score (nSPS) is 25.5. The number of amides is 1. The second kappa shape index (κ2) is 7.72. The predicted octanol–water partition coefficient (Wildman–Crippen LogP) is 3.50. The molecule has 2 fully saturated rings. The van der Waals surface area contributed by atoms with Crippen molar-refractivity contribution in [1.29, 1.82) is 0 Å². The molecule has 2 saturated carbocycles. The number of fused-ring (bicyclic) bond motifs is 2. The Bertz CT molecular complexity index is 758. The van der Waals surface area contributed by atoms with Crippen LogP contribution in [0.25, 0.3) is 0 Å². The molecule has 2 bridgehead atoms. The fourth-order valence-electron chi connectivity index (χ4n) is 4.63. The van der Waals surface area contributed by atoms with E-state index in [0.29, 0.717) is 11.7 Å². The molecular formula is C19H26N4OS2. The van der Waals surface area contributed by atoms with E-state index in [1.165, 1.54) is 42.3 Å². The smallest absolute Gasteiger partial charge is 0.230 e. The van der Waals surface area contributed by atoms with Crippen LogP contribution in [0.1, 0.15) is 43.3 Å². The highest BCUT2D eigenvalue weighted by atomic mass is 32.2. The van der Waals surface area contributed by atoms with E-state index in [-0.39, 0.29) is 11.9 Å². The third-order valence-electron chi connectivity index (χ3n) is 5.99. The lowest BCUT2D eigenvalue weighted by Gasteiger charge is -2.28. The summed E-state index contributed by atoms with van der Waals surface area (Å²) in [4.78, 5) is 13.6. The molecule has 7 heteroatoms. The Kier molecular flexibility index (Phi) is 5.36. The summed E-state index contributed by atoms with van der Waals surface area (Å²) in [6, 6.07) is 4.44. The molecule has 2 aromatic heterocycles. The molecule has 0 saturated heterocycles. The molecule has 2 aliphatic rings. The first kappa shape index (κ1) is 18.0. The van der Waals surface area contributed by atoms with Gasteiger partial charge in [-0.3, -0.25) is 4.79 Å². The molecule has 0 aromatic carbocycles. The van der Waals surface area contributed by atoms with Crippen LogP contribution in [0, 0.1) is 17.8 Å². The maximum atomic E-state index is 12.4. The van der Waals surface area contributed by atoms with E-state index in [1.807, 2.05) is 17.7 Å². The van der Waals surface area contributed by atoms with E-state index >= 15 is 0 Å². The molecule has 0 aliphatic heterocycles. The minimum Gasteiger partial charge on any atom is -0.353 e. The Morgan fingerprint density at radius 3 is 3.00 bits per heavy atom. The minimum atomic E-state index is 0.105. The lowest BCUT2D eigenvalue weighted by atomic mass is 9.84. The molecule has 2 aromatic rings. The highest BCUT2D eigenvalue weighted by Crippen LogP contribution is 2.49. The second-order valence-electron chi connectivity index (χ2n) is 7.70. The number of hydrogen-bond acceptors (Lipinski definition) is 5. The quantitative estimate of drug-likeness (QED) is 0.735. The van der Waals surface area contributed by atoms with Gasteiger partial charge in [0.1, 0.15) is 5.82 Å². The van der Waals surface area contributed by atoms with Crippen molar-refractivity contribution in [3.8, 4) is 0 Å². The zero-order valence-corrected chi connectivity index (χ0v) is 17.0. The van der Waals surface area contributed by atoms with Crippen LogP contribution in [0.2, 0.25) is 0 Å². The van der Waals surface area contributed by atoms with Crippen LogP contribution in [0.3, 0.4) is 0 Å². The van der Waals surface area contributed by atoms with E-state index in [2.05, 4.69) is 33.9 Å². The highest BCUT2D eigenvalue weighted by molar-refractivity contribution is 7.99. The molecule has 5 nitrogen and oxygen atoms in total. The van der Waals surface area contributed by atoms with Gasteiger partial charge in [0.25, 0.3) is 0 Å². The second-order valence-corrected chi connectivity index (χ2v) is 9.67. The molecule has 4 rings (SSSR count). The van der Waals surface area contributed by atoms with Gasteiger partial charge in [0.15, 0.2) is 5.16 Å². The van der Waals surface area contributed by atoms with Gasteiger partial charge in [0.05, 0.1) is 5.75 Å². The fourth-order valence-corrected chi connectivity index (χ4v) is 6.08. The zero-order valence-electron chi connectivity index (χ0n) is 15.4. The van der Waals surface area contributed by atoms with Crippen LogP contribution < -0.4 is 5.32 Å². The number of carbonyl (C=O) groups excluding carboxylic acids is 1. The summed E-state index contributed by atoms with van der Waals surface area (Å²) in [5.41, 5.74) is 0. The highest BCUT2D eigenvalue weighted by Gasteiger charge is 2.42. The molecule has 1 N–H and O–H groups in total. The SMILES string of the molecule is CC(NC(=O)CSc1nnc(Cc2cccs2)n1C)C1CC2CCC1C2. The van der Waals surface area contributed by atoms with Crippen LogP contribution in [0.4, 0.5) is 0 Å². The minimum absolute atomic E-state index is 0.105. The Morgan fingerprint density at radius 1 is 1.42 bits per heavy atom. The molecule has 2 aliphatic carbocycles. The van der Waals surface area contributed by atoms with E-state index < -0.39 is 0 Å². The number of aromatic nitrogens is 3. The number of nitrogens with zero attached hydrogens (tertiary/aromatic N) is 3. The fraction of sp³-hybridized carbons (Fsp3) is 0.632. The van der Waals surface area contributed by atoms with Crippen molar-refractivity contribution in [2.45, 2.75) is 50.2 Å². The Balaban J connectivity index is 1.27. The van der Waals surface area contributed by atoms with Gasteiger partial charge in [-0.2, -0.15) is 0 Å². The number of rotatable bonds is 7. The molecule has 140 valence electrons. The Hall–Kier alpha value is -1.34. The lowest BCUT2D eigenvalue weighted by molar-refractivity contribution is -0.119. The lowest BCUT2D eigenvalue weighted by Crippen LogP contribution is -2.40. The van der Waals surface area contributed by atoms with Crippen LogP contribution in [-0.2, 0) is 18.3 Å². The van der Waals surface area contributed by atoms with E-state index in [4.69, 9.17) is 0 Å². The van der Waals surface area contributed by atoms with E-state index in [1.54, 1.807) is 11.3 Å². The summed E-state index contributed by atoms with van der Waals surface area (Å²) in [6.07, 6.45) is 6.23. The monoisotopic (exact) mass is 390 g/mol. The summed E-state index contributed by atoms with van der Waals surface area (Å²) in [5.74, 6) is 3.87. The van der Waals surface area contributed by atoms with Crippen molar-refractivity contribution in [2.24, 2.45) is 24.8 Å². The van der Waals surface area contributed by atoms with Crippen molar-refractivity contribution in [1.82, 2.24) is 20.1 Å². The van der Waals surface area contributed by atoms with Crippen LogP contribution in [-0.4, -0.2) is 32.5 Å². The summed E-state index contributed by atoms with van der Waals surface area (Å²) in [6.45, 7) is 2.18. The Labute approximate surface area is 163 Å². The molecule has 2 heterocycles. The number of thiophene rings is 1. The van der Waals surface area contributed by atoms with E-state index in [9.17, 15) is 4.79 Å². The van der Waals surface area contributed by atoms with Gasteiger partial charge in [-0.15, -0.1) is 21.5 Å². The van der Waals surface area contributed by atoms with Crippen molar-refractivity contribution >= 4 is 29.0 Å². The number of hydrogen-bond donors (Lipinski definition) is 1.